The zero-order valence-electron chi connectivity index (χ0n) is 17.3. The highest BCUT2D eigenvalue weighted by molar-refractivity contribution is 5.80. The molecule has 0 heterocycles. The molecule has 4 unspecified atom stereocenters. The first-order chi connectivity index (χ1) is 13.7. The molecule has 2 amide bonds. The minimum absolute atomic E-state index is 0.259. The van der Waals surface area contributed by atoms with E-state index in [-0.39, 0.29) is 23.9 Å². The van der Waals surface area contributed by atoms with E-state index in [9.17, 15) is 9.59 Å². The predicted octanol–water partition coefficient (Wildman–Crippen LogP) is 4.18. The van der Waals surface area contributed by atoms with Crippen LogP contribution in [0.5, 0.6) is 0 Å². The molecule has 0 radical (unpaired) electrons. The van der Waals surface area contributed by atoms with Crippen LogP contribution in [0.25, 0.3) is 0 Å². The summed E-state index contributed by atoms with van der Waals surface area (Å²) in [6.45, 7) is 0. The van der Waals surface area contributed by atoms with Gasteiger partial charge < -0.3 is 10.6 Å². The Balaban J connectivity index is 1.12. The quantitative estimate of drug-likeness (QED) is 0.761. The van der Waals surface area contributed by atoms with Gasteiger partial charge in [-0.15, -0.1) is 0 Å². The summed E-state index contributed by atoms with van der Waals surface area (Å²) in [7, 11) is 0. The Kier molecular flexibility index (Phi) is 5.40. The van der Waals surface area contributed by atoms with Gasteiger partial charge in [-0.1, -0.05) is 25.7 Å². The van der Waals surface area contributed by atoms with E-state index in [1.165, 1.54) is 51.4 Å². The Morgan fingerprint density at radius 3 is 1.32 bits per heavy atom. The summed E-state index contributed by atoms with van der Waals surface area (Å²) in [6.07, 6.45) is 16.8. The monoisotopic (exact) mass is 386 g/mol. The second-order valence-electron chi connectivity index (χ2n) is 10.8. The van der Waals surface area contributed by atoms with Gasteiger partial charge in [-0.3, -0.25) is 9.59 Å². The molecule has 4 heteroatoms. The van der Waals surface area contributed by atoms with Gasteiger partial charge in [0.1, 0.15) is 0 Å². The summed E-state index contributed by atoms with van der Waals surface area (Å²) in [6, 6.07) is 0.518. The van der Waals surface area contributed by atoms with Crippen molar-refractivity contribution in [2.45, 2.75) is 102 Å². The standard InChI is InChI=1S/C24H38N2O2/c27-23(21-12-15-4-8-17(21)9-5-15)25-19-2-1-3-20(14-19)26-24(28)22-13-16-6-10-18(22)11-7-16/h15-22H,1-14H2,(H,25,27)(H,26,28). The lowest BCUT2D eigenvalue weighted by Gasteiger charge is -2.43. The van der Waals surface area contributed by atoms with Crippen LogP contribution < -0.4 is 10.6 Å². The van der Waals surface area contributed by atoms with Crippen molar-refractivity contribution < 1.29 is 9.59 Å². The van der Waals surface area contributed by atoms with Crippen molar-refractivity contribution in [2.24, 2.45) is 35.5 Å². The Hall–Kier alpha value is -1.06. The largest absolute Gasteiger partial charge is 0.353 e. The molecule has 7 saturated carbocycles. The number of carbonyl (C=O) groups excluding carboxylic acids is 2. The first-order valence-electron chi connectivity index (χ1n) is 12.3. The van der Waals surface area contributed by atoms with Gasteiger partial charge in [-0.05, 0) is 87.9 Å². The molecule has 0 aromatic heterocycles. The molecule has 28 heavy (non-hydrogen) atoms. The lowest BCUT2D eigenvalue weighted by Crippen LogP contribution is -2.51. The van der Waals surface area contributed by atoms with E-state index in [1.54, 1.807) is 0 Å². The fourth-order valence-electron chi connectivity index (χ4n) is 7.47. The van der Waals surface area contributed by atoms with Crippen LogP contribution in [0.3, 0.4) is 0 Å². The maximum atomic E-state index is 12.9. The van der Waals surface area contributed by atoms with E-state index in [1.807, 2.05) is 0 Å². The third-order valence-corrected chi connectivity index (χ3v) is 9.14. The molecule has 2 N–H and O–H groups in total. The first-order valence-corrected chi connectivity index (χ1v) is 12.3. The molecule has 156 valence electrons. The highest BCUT2D eigenvalue weighted by Crippen LogP contribution is 2.46. The first kappa shape index (κ1) is 18.9. The SMILES string of the molecule is O=C(NC1CCCC(NC(=O)C2CC3CCC2CC3)C1)C1CC2CCC1CC2. The zero-order valence-corrected chi connectivity index (χ0v) is 17.3. The van der Waals surface area contributed by atoms with E-state index in [2.05, 4.69) is 10.6 Å². The average molecular weight is 387 g/mol. The van der Waals surface area contributed by atoms with Crippen molar-refractivity contribution in [1.29, 1.82) is 0 Å². The van der Waals surface area contributed by atoms with Crippen LogP contribution in [0.2, 0.25) is 0 Å². The van der Waals surface area contributed by atoms with E-state index in [4.69, 9.17) is 0 Å². The topological polar surface area (TPSA) is 58.2 Å². The molecule has 4 bridgehead atoms. The average Bonchev–Trinajstić information content (AvgIpc) is 2.75. The van der Waals surface area contributed by atoms with Crippen LogP contribution in [-0.4, -0.2) is 23.9 Å². The van der Waals surface area contributed by atoms with Crippen molar-refractivity contribution in [3.63, 3.8) is 0 Å². The van der Waals surface area contributed by atoms with Gasteiger partial charge in [0.2, 0.25) is 11.8 Å². The molecule has 4 nitrogen and oxygen atoms in total. The van der Waals surface area contributed by atoms with Gasteiger partial charge in [0.05, 0.1) is 0 Å². The van der Waals surface area contributed by atoms with E-state index < -0.39 is 0 Å². The number of carbonyl (C=O) groups is 2. The van der Waals surface area contributed by atoms with Gasteiger partial charge >= 0.3 is 0 Å². The fraction of sp³-hybridized carbons (Fsp3) is 0.917. The highest BCUT2D eigenvalue weighted by Gasteiger charge is 2.41. The van der Waals surface area contributed by atoms with Gasteiger partial charge in [0, 0.05) is 23.9 Å². The number of hydrogen-bond acceptors (Lipinski definition) is 2. The van der Waals surface area contributed by atoms with Crippen LogP contribution in [0.15, 0.2) is 0 Å². The molecule has 0 saturated heterocycles. The Labute approximate surface area is 170 Å². The third-order valence-electron chi connectivity index (χ3n) is 9.14. The molecule has 7 aliphatic rings. The minimum Gasteiger partial charge on any atom is -0.353 e. The van der Waals surface area contributed by atoms with Crippen molar-refractivity contribution in [3.05, 3.63) is 0 Å². The van der Waals surface area contributed by atoms with E-state index in [0.717, 1.165) is 50.4 Å². The molecule has 0 spiro atoms. The van der Waals surface area contributed by atoms with Gasteiger partial charge in [-0.25, -0.2) is 0 Å². The minimum atomic E-state index is 0.259. The maximum absolute atomic E-state index is 12.9. The van der Waals surface area contributed by atoms with Crippen molar-refractivity contribution in [1.82, 2.24) is 10.6 Å². The van der Waals surface area contributed by atoms with Crippen LogP contribution in [0, 0.1) is 35.5 Å². The number of fused-ring (bicyclic) bond motifs is 6. The summed E-state index contributed by atoms with van der Waals surface area (Å²) < 4.78 is 0. The van der Waals surface area contributed by atoms with E-state index >= 15 is 0 Å². The smallest absolute Gasteiger partial charge is 0.223 e. The van der Waals surface area contributed by atoms with Gasteiger partial charge in [0.25, 0.3) is 0 Å². The van der Waals surface area contributed by atoms with Crippen LogP contribution >= 0.6 is 0 Å². The van der Waals surface area contributed by atoms with Gasteiger partial charge in [0.15, 0.2) is 0 Å². The fourth-order valence-corrected chi connectivity index (χ4v) is 7.47. The highest BCUT2D eigenvalue weighted by atomic mass is 16.2. The summed E-state index contributed by atoms with van der Waals surface area (Å²) in [5, 5.41) is 6.79. The lowest BCUT2D eigenvalue weighted by molar-refractivity contribution is -0.131. The molecule has 0 aromatic rings. The molecule has 0 aliphatic heterocycles. The van der Waals surface area contributed by atoms with Crippen LogP contribution in [0.1, 0.15) is 89.9 Å². The molecule has 7 aliphatic carbocycles. The number of hydrogen-bond donors (Lipinski definition) is 2. The van der Waals surface area contributed by atoms with Crippen molar-refractivity contribution >= 4 is 11.8 Å². The van der Waals surface area contributed by atoms with Crippen molar-refractivity contribution in [2.75, 3.05) is 0 Å². The summed E-state index contributed by atoms with van der Waals surface area (Å²) >= 11 is 0. The Morgan fingerprint density at radius 1 is 0.536 bits per heavy atom. The summed E-state index contributed by atoms with van der Waals surface area (Å²) in [4.78, 5) is 25.8. The Bertz CT molecular complexity index is 539. The number of amides is 2. The summed E-state index contributed by atoms with van der Waals surface area (Å²) in [5.41, 5.74) is 0. The molecule has 0 aromatic carbocycles. The van der Waals surface area contributed by atoms with Crippen LogP contribution in [-0.2, 0) is 9.59 Å². The predicted molar refractivity (Wildman–Crippen MR) is 109 cm³/mol. The molecular formula is C24H38N2O2. The second kappa shape index (κ2) is 7.99. The lowest BCUT2D eigenvalue weighted by atomic mass is 9.64. The molecule has 4 atom stereocenters. The maximum Gasteiger partial charge on any atom is 0.223 e. The number of nitrogens with one attached hydrogen (secondary N) is 2. The second-order valence-corrected chi connectivity index (χ2v) is 10.8. The van der Waals surface area contributed by atoms with Gasteiger partial charge in [-0.2, -0.15) is 0 Å². The Morgan fingerprint density at radius 2 is 0.964 bits per heavy atom. The normalized spacial score (nSPS) is 44.9. The number of rotatable bonds is 4. The molecule has 7 fully saturated rings. The molecule has 7 rings (SSSR count). The van der Waals surface area contributed by atoms with E-state index in [0.29, 0.717) is 23.7 Å². The van der Waals surface area contributed by atoms with Crippen LogP contribution in [0.4, 0.5) is 0 Å². The van der Waals surface area contributed by atoms with Crippen molar-refractivity contribution in [3.8, 4) is 0 Å². The molecular weight excluding hydrogens is 348 g/mol. The summed E-state index contributed by atoms with van der Waals surface area (Å²) in [5.74, 6) is 4.01. The zero-order chi connectivity index (χ0) is 19.1. The third kappa shape index (κ3) is 3.85.